The van der Waals surface area contributed by atoms with E-state index in [0.717, 1.165) is 30.5 Å². The van der Waals surface area contributed by atoms with Crippen LogP contribution in [0.4, 0.5) is 0 Å². The van der Waals surface area contributed by atoms with Gasteiger partial charge >= 0.3 is 5.69 Å². The molecule has 9 nitrogen and oxygen atoms in total. The molecule has 3 rings (SSSR count). The summed E-state index contributed by atoms with van der Waals surface area (Å²) in [5.74, 6) is 0.244. The maximum absolute atomic E-state index is 12.5. The Hall–Kier alpha value is -2.13. The third-order valence-corrected chi connectivity index (χ3v) is 4.54. The lowest BCUT2D eigenvalue weighted by Crippen LogP contribution is -2.43. The Labute approximate surface area is 150 Å². The maximum atomic E-state index is 12.5. The Morgan fingerprint density at radius 2 is 2.16 bits per heavy atom. The molecule has 138 valence electrons. The number of nitrogens with zero attached hydrogens (tertiary/aromatic N) is 4. The first-order valence-electron chi connectivity index (χ1n) is 8.07. The predicted molar refractivity (Wildman–Crippen MR) is 96.1 cm³/mol. The van der Waals surface area contributed by atoms with Crippen LogP contribution < -0.4 is 21.9 Å². The van der Waals surface area contributed by atoms with Crippen LogP contribution in [0.2, 0.25) is 0 Å². The first-order valence-corrected chi connectivity index (χ1v) is 8.07. The van der Waals surface area contributed by atoms with Crippen molar-refractivity contribution in [3.63, 3.8) is 0 Å². The summed E-state index contributed by atoms with van der Waals surface area (Å²) in [4.78, 5) is 41.0. The van der Waals surface area contributed by atoms with Crippen molar-refractivity contribution in [2.45, 2.75) is 19.4 Å². The summed E-state index contributed by atoms with van der Waals surface area (Å²) >= 11 is 0. The van der Waals surface area contributed by atoms with Crippen LogP contribution in [0, 0.1) is 5.92 Å². The van der Waals surface area contributed by atoms with Crippen LogP contribution in [0.5, 0.6) is 0 Å². The second kappa shape index (κ2) is 7.83. The highest BCUT2D eigenvalue weighted by atomic mass is 35.5. The average Bonchev–Trinajstić information content (AvgIpc) is 3.19. The molecule has 3 heterocycles. The Morgan fingerprint density at radius 3 is 2.84 bits per heavy atom. The van der Waals surface area contributed by atoms with Crippen molar-refractivity contribution in [2.24, 2.45) is 20.0 Å². The van der Waals surface area contributed by atoms with E-state index in [1.807, 2.05) is 0 Å². The third kappa shape index (κ3) is 3.77. The molecule has 1 aliphatic heterocycles. The topological polar surface area (TPSA) is 103 Å². The van der Waals surface area contributed by atoms with E-state index in [9.17, 15) is 14.4 Å². The van der Waals surface area contributed by atoms with E-state index in [-0.39, 0.29) is 24.9 Å². The summed E-state index contributed by atoms with van der Waals surface area (Å²) < 4.78 is 3.79. The molecule has 1 aliphatic rings. The van der Waals surface area contributed by atoms with Gasteiger partial charge in [0.15, 0.2) is 11.2 Å². The largest absolute Gasteiger partial charge is 0.355 e. The van der Waals surface area contributed by atoms with Gasteiger partial charge in [0, 0.05) is 20.6 Å². The maximum Gasteiger partial charge on any atom is 0.332 e. The molecule has 0 saturated carbocycles. The fourth-order valence-corrected chi connectivity index (χ4v) is 3.11. The summed E-state index contributed by atoms with van der Waals surface area (Å²) in [5, 5.41) is 6.07. The zero-order valence-corrected chi connectivity index (χ0v) is 15.1. The quantitative estimate of drug-likeness (QED) is 0.700. The average molecular weight is 371 g/mol. The van der Waals surface area contributed by atoms with Crippen molar-refractivity contribution < 1.29 is 4.79 Å². The van der Waals surface area contributed by atoms with Crippen LogP contribution in [-0.4, -0.2) is 44.2 Å². The van der Waals surface area contributed by atoms with Gasteiger partial charge in [-0.25, -0.2) is 14.3 Å². The first kappa shape index (κ1) is 19.2. The number of hydrogen-bond donors (Lipinski definition) is 2. The molecule has 0 radical (unpaired) electrons. The van der Waals surface area contributed by atoms with E-state index in [4.69, 9.17) is 0 Å². The Kier molecular flexibility index (Phi) is 6.02. The van der Waals surface area contributed by atoms with Gasteiger partial charge in [-0.3, -0.25) is 14.2 Å². The fourth-order valence-electron chi connectivity index (χ4n) is 3.11. The fraction of sp³-hybridized carbons (Fsp3) is 0.600. The molecule has 2 aromatic heterocycles. The molecule has 0 aliphatic carbocycles. The molecule has 1 unspecified atom stereocenters. The number of imidazole rings is 1. The van der Waals surface area contributed by atoms with Crippen molar-refractivity contribution in [3.05, 3.63) is 27.2 Å². The summed E-state index contributed by atoms with van der Waals surface area (Å²) in [7, 11) is 3.22. The molecule has 0 spiro atoms. The molecule has 1 fully saturated rings. The summed E-state index contributed by atoms with van der Waals surface area (Å²) in [6.45, 7) is 2.27. The summed E-state index contributed by atoms with van der Waals surface area (Å²) in [6, 6.07) is 0. The Morgan fingerprint density at radius 1 is 1.40 bits per heavy atom. The molecule has 2 aromatic rings. The Bertz CT molecular complexity index is 878. The van der Waals surface area contributed by atoms with E-state index in [0.29, 0.717) is 23.6 Å². The standard InChI is InChI=1S/C15H22N6O3.ClH/c1-19-9-18-13-12(19)14(23)21(15(24)20(13)2)8-11(22)17-6-4-10-3-5-16-7-10;/h9-10,16H,3-8H2,1-2H3,(H,17,22);1H. The van der Waals surface area contributed by atoms with Crippen LogP contribution in [-0.2, 0) is 25.4 Å². The minimum atomic E-state index is -0.540. The van der Waals surface area contributed by atoms with Crippen LogP contribution in [0.1, 0.15) is 12.8 Å². The number of halogens is 1. The molecule has 1 saturated heterocycles. The highest BCUT2D eigenvalue weighted by Crippen LogP contribution is 2.10. The monoisotopic (exact) mass is 370 g/mol. The van der Waals surface area contributed by atoms with E-state index < -0.39 is 11.2 Å². The van der Waals surface area contributed by atoms with Crippen molar-refractivity contribution >= 4 is 29.5 Å². The SMILES string of the molecule is Cl.Cn1cnc2c1c(=O)n(CC(=O)NCCC1CCNC1)c(=O)n2C. The molecule has 1 atom stereocenters. The number of aryl methyl sites for hydroxylation is 2. The van der Waals surface area contributed by atoms with Gasteiger partial charge in [0.25, 0.3) is 5.56 Å². The minimum Gasteiger partial charge on any atom is -0.355 e. The molecular formula is C15H23ClN6O3. The highest BCUT2D eigenvalue weighted by molar-refractivity contribution is 5.85. The summed E-state index contributed by atoms with van der Waals surface area (Å²) in [5.41, 5.74) is -0.413. The zero-order valence-electron chi connectivity index (χ0n) is 14.3. The molecule has 0 aromatic carbocycles. The van der Waals surface area contributed by atoms with E-state index >= 15 is 0 Å². The number of hydrogen-bond acceptors (Lipinski definition) is 5. The van der Waals surface area contributed by atoms with E-state index in [2.05, 4.69) is 15.6 Å². The van der Waals surface area contributed by atoms with Crippen molar-refractivity contribution in [3.8, 4) is 0 Å². The lowest BCUT2D eigenvalue weighted by molar-refractivity contribution is -0.121. The van der Waals surface area contributed by atoms with Gasteiger partial charge in [-0.15, -0.1) is 12.4 Å². The summed E-state index contributed by atoms with van der Waals surface area (Å²) in [6.07, 6.45) is 3.49. The highest BCUT2D eigenvalue weighted by Gasteiger charge is 2.17. The van der Waals surface area contributed by atoms with Gasteiger partial charge in [-0.2, -0.15) is 0 Å². The second-order valence-corrected chi connectivity index (χ2v) is 6.26. The number of nitrogens with one attached hydrogen (secondary N) is 2. The van der Waals surface area contributed by atoms with Gasteiger partial charge in [-0.1, -0.05) is 0 Å². The Balaban J connectivity index is 0.00000225. The normalized spacial score (nSPS) is 16.8. The molecule has 1 amide bonds. The number of carbonyl (C=O) groups is 1. The van der Waals surface area contributed by atoms with E-state index in [1.165, 1.54) is 10.9 Å². The lowest BCUT2D eigenvalue weighted by atomic mass is 10.1. The molecule has 10 heteroatoms. The lowest BCUT2D eigenvalue weighted by Gasteiger charge is -2.11. The second-order valence-electron chi connectivity index (χ2n) is 6.26. The van der Waals surface area contributed by atoms with Gasteiger partial charge < -0.3 is 15.2 Å². The van der Waals surface area contributed by atoms with Crippen LogP contribution in [0.15, 0.2) is 15.9 Å². The molecular weight excluding hydrogens is 348 g/mol. The predicted octanol–water partition coefficient (Wildman–Crippen LogP) is -1.03. The van der Waals surface area contributed by atoms with Gasteiger partial charge in [0.2, 0.25) is 5.91 Å². The minimum absolute atomic E-state index is 0. The van der Waals surface area contributed by atoms with Crippen LogP contribution in [0.25, 0.3) is 11.2 Å². The van der Waals surface area contributed by atoms with Crippen molar-refractivity contribution in [2.75, 3.05) is 19.6 Å². The van der Waals surface area contributed by atoms with Gasteiger partial charge in [-0.05, 0) is 31.8 Å². The number of fused-ring (bicyclic) bond motifs is 1. The van der Waals surface area contributed by atoms with Crippen molar-refractivity contribution in [1.82, 2.24) is 29.3 Å². The van der Waals surface area contributed by atoms with Crippen molar-refractivity contribution in [1.29, 1.82) is 0 Å². The third-order valence-electron chi connectivity index (χ3n) is 4.54. The first-order chi connectivity index (χ1) is 11.5. The van der Waals surface area contributed by atoms with E-state index in [1.54, 1.807) is 18.7 Å². The molecule has 2 N–H and O–H groups in total. The zero-order chi connectivity index (χ0) is 17.3. The van der Waals surface area contributed by atoms with Gasteiger partial charge in [0.1, 0.15) is 6.54 Å². The molecule has 0 bridgehead atoms. The smallest absolute Gasteiger partial charge is 0.332 e. The number of amides is 1. The number of aromatic nitrogens is 4. The number of rotatable bonds is 5. The van der Waals surface area contributed by atoms with Gasteiger partial charge in [0.05, 0.1) is 6.33 Å². The van der Waals surface area contributed by atoms with Crippen LogP contribution >= 0.6 is 12.4 Å². The van der Waals surface area contributed by atoms with Crippen LogP contribution in [0.3, 0.4) is 0 Å². The number of carbonyl (C=O) groups excluding carboxylic acids is 1. The molecule has 25 heavy (non-hydrogen) atoms.